The predicted molar refractivity (Wildman–Crippen MR) is 63.1 cm³/mol. The van der Waals surface area contributed by atoms with Gasteiger partial charge < -0.3 is 9.64 Å². The summed E-state index contributed by atoms with van der Waals surface area (Å²) in [5, 5.41) is 0. The maximum absolute atomic E-state index is 11.9. The van der Waals surface area contributed by atoms with Crippen LogP contribution >= 0.6 is 0 Å². The molecule has 1 aromatic rings. The number of methoxy groups -OCH3 is 1. The van der Waals surface area contributed by atoms with Crippen molar-refractivity contribution in [3.63, 3.8) is 0 Å². The zero-order valence-corrected chi connectivity index (χ0v) is 9.84. The van der Waals surface area contributed by atoms with E-state index in [0.717, 1.165) is 0 Å². The molecule has 0 unspecified atom stereocenters. The highest BCUT2D eigenvalue weighted by molar-refractivity contribution is 6.15. The van der Waals surface area contributed by atoms with E-state index in [1.807, 2.05) is 0 Å². The molecule has 0 aliphatic carbocycles. The zero-order valence-electron chi connectivity index (χ0n) is 9.84. The SMILES string of the molecule is COc1cccc(N2C(=O)CCN(C)C2=O)c1. The summed E-state index contributed by atoms with van der Waals surface area (Å²) >= 11 is 0. The second-order valence-electron chi connectivity index (χ2n) is 3.88. The molecule has 5 heteroatoms. The number of hydrogen-bond acceptors (Lipinski definition) is 3. The lowest BCUT2D eigenvalue weighted by molar-refractivity contribution is -0.119. The summed E-state index contributed by atoms with van der Waals surface area (Å²) in [6.07, 6.45) is 0.347. The van der Waals surface area contributed by atoms with Crippen molar-refractivity contribution in [3.05, 3.63) is 24.3 Å². The van der Waals surface area contributed by atoms with Gasteiger partial charge in [-0.05, 0) is 12.1 Å². The molecule has 0 radical (unpaired) electrons. The summed E-state index contributed by atoms with van der Waals surface area (Å²) in [6.45, 7) is 0.470. The Morgan fingerprint density at radius 3 is 2.76 bits per heavy atom. The topological polar surface area (TPSA) is 49.9 Å². The molecule has 0 N–H and O–H groups in total. The third-order valence-electron chi connectivity index (χ3n) is 2.74. The van der Waals surface area contributed by atoms with Crippen LogP contribution in [-0.2, 0) is 4.79 Å². The summed E-state index contributed by atoms with van der Waals surface area (Å²) in [7, 11) is 3.23. The van der Waals surface area contributed by atoms with Gasteiger partial charge >= 0.3 is 6.03 Å². The Bertz CT molecular complexity index is 459. The van der Waals surface area contributed by atoms with Crippen LogP contribution < -0.4 is 9.64 Å². The number of carbonyl (C=O) groups is 2. The van der Waals surface area contributed by atoms with Crippen molar-refractivity contribution in [2.45, 2.75) is 6.42 Å². The van der Waals surface area contributed by atoms with Crippen LogP contribution in [0.5, 0.6) is 5.75 Å². The van der Waals surface area contributed by atoms with Crippen LogP contribution in [-0.4, -0.2) is 37.5 Å². The van der Waals surface area contributed by atoms with E-state index in [4.69, 9.17) is 4.74 Å². The summed E-state index contributed by atoms with van der Waals surface area (Å²) < 4.78 is 5.08. The van der Waals surface area contributed by atoms with E-state index in [9.17, 15) is 9.59 Å². The number of carbonyl (C=O) groups excluding carboxylic acids is 2. The Hall–Kier alpha value is -2.04. The van der Waals surface area contributed by atoms with Gasteiger partial charge in [-0.1, -0.05) is 6.07 Å². The molecule has 0 atom stereocenters. The molecule has 1 saturated heterocycles. The molecule has 1 fully saturated rings. The minimum absolute atomic E-state index is 0.179. The van der Waals surface area contributed by atoms with E-state index in [-0.39, 0.29) is 11.9 Å². The molecule has 90 valence electrons. The molecule has 0 spiro atoms. The molecule has 0 bridgehead atoms. The van der Waals surface area contributed by atoms with Gasteiger partial charge in [-0.25, -0.2) is 9.69 Å². The van der Waals surface area contributed by atoms with Crippen LogP contribution in [0.4, 0.5) is 10.5 Å². The molecule has 1 aliphatic heterocycles. The molecule has 1 aromatic carbocycles. The summed E-state index contributed by atoms with van der Waals surface area (Å²) in [4.78, 5) is 26.4. The molecular formula is C12H14N2O3. The smallest absolute Gasteiger partial charge is 0.331 e. The molecule has 0 saturated carbocycles. The highest BCUT2D eigenvalue weighted by Crippen LogP contribution is 2.24. The van der Waals surface area contributed by atoms with Crippen molar-refractivity contribution in [1.82, 2.24) is 4.90 Å². The van der Waals surface area contributed by atoms with E-state index < -0.39 is 0 Å². The number of amides is 3. The lowest BCUT2D eigenvalue weighted by Gasteiger charge is -2.31. The lowest BCUT2D eigenvalue weighted by Crippen LogP contribution is -2.50. The van der Waals surface area contributed by atoms with Crippen LogP contribution in [0.25, 0.3) is 0 Å². The van der Waals surface area contributed by atoms with E-state index >= 15 is 0 Å². The number of imide groups is 1. The standard InChI is InChI=1S/C12H14N2O3/c1-13-7-6-11(15)14(12(13)16)9-4-3-5-10(8-9)17-2/h3-5,8H,6-7H2,1-2H3. The van der Waals surface area contributed by atoms with Crippen molar-refractivity contribution < 1.29 is 14.3 Å². The van der Waals surface area contributed by atoms with Gasteiger partial charge in [-0.2, -0.15) is 0 Å². The van der Waals surface area contributed by atoms with Gasteiger partial charge in [0.1, 0.15) is 5.75 Å². The van der Waals surface area contributed by atoms with Crippen LogP contribution in [0.1, 0.15) is 6.42 Å². The van der Waals surface area contributed by atoms with E-state index in [1.54, 1.807) is 38.4 Å². The Kier molecular flexibility index (Phi) is 2.99. The average molecular weight is 234 g/mol. The van der Waals surface area contributed by atoms with Gasteiger partial charge in [0.05, 0.1) is 12.8 Å². The number of rotatable bonds is 2. The monoisotopic (exact) mass is 234 g/mol. The fourth-order valence-electron chi connectivity index (χ4n) is 1.75. The molecule has 17 heavy (non-hydrogen) atoms. The van der Waals surface area contributed by atoms with Gasteiger partial charge in [0.15, 0.2) is 0 Å². The molecule has 0 aromatic heterocycles. The highest BCUT2D eigenvalue weighted by atomic mass is 16.5. The Morgan fingerprint density at radius 2 is 2.06 bits per heavy atom. The van der Waals surface area contributed by atoms with E-state index in [2.05, 4.69) is 0 Å². The minimum Gasteiger partial charge on any atom is -0.497 e. The van der Waals surface area contributed by atoms with Gasteiger partial charge in [-0.3, -0.25) is 4.79 Å². The van der Waals surface area contributed by atoms with E-state index in [0.29, 0.717) is 24.4 Å². The van der Waals surface area contributed by atoms with Crippen LogP contribution in [0.2, 0.25) is 0 Å². The average Bonchev–Trinajstić information content (AvgIpc) is 2.35. The first-order valence-corrected chi connectivity index (χ1v) is 5.35. The van der Waals surface area contributed by atoms with Crippen LogP contribution in [0.15, 0.2) is 24.3 Å². The lowest BCUT2D eigenvalue weighted by atomic mass is 10.2. The van der Waals surface area contributed by atoms with Gasteiger partial charge in [0, 0.05) is 26.1 Å². The number of urea groups is 1. The third-order valence-corrected chi connectivity index (χ3v) is 2.74. The first-order chi connectivity index (χ1) is 8.13. The highest BCUT2D eigenvalue weighted by Gasteiger charge is 2.31. The van der Waals surface area contributed by atoms with Gasteiger partial charge in [0.2, 0.25) is 5.91 Å². The summed E-state index contributed by atoms with van der Waals surface area (Å²) in [5.74, 6) is 0.442. The number of ether oxygens (including phenoxy) is 1. The van der Waals surface area contributed by atoms with Gasteiger partial charge in [0.25, 0.3) is 0 Å². The first-order valence-electron chi connectivity index (χ1n) is 5.35. The normalized spacial score (nSPS) is 16.4. The molecule has 1 heterocycles. The fraction of sp³-hybridized carbons (Fsp3) is 0.333. The number of nitrogens with zero attached hydrogens (tertiary/aromatic N) is 2. The number of benzene rings is 1. The Labute approximate surface area is 99.6 Å². The van der Waals surface area contributed by atoms with Crippen molar-refractivity contribution in [2.75, 3.05) is 25.6 Å². The third kappa shape index (κ3) is 2.08. The van der Waals surface area contributed by atoms with Crippen molar-refractivity contribution >= 4 is 17.6 Å². The van der Waals surface area contributed by atoms with Gasteiger partial charge in [-0.15, -0.1) is 0 Å². The maximum Gasteiger partial charge on any atom is 0.331 e. The predicted octanol–water partition coefficient (Wildman–Crippen LogP) is 1.48. The molecule has 1 aliphatic rings. The fourth-order valence-corrected chi connectivity index (χ4v) is 1.75. The molecule has 2 rings (SSSR count). The maximum atomic E-state index is 11.9. The molecular weight excluding hydrogens is 220 g/mol. The van der Waals surface area contributed by atoms with Crippen LogP contribution in [0.3, 0.4) is 0 Å². The first kappa shape index (κ1) is 11.4. The van der Waals surface area contributed by atoms with Crippen molar-refractivity contribution in [1.29, 1.82) is 0 Å². The Morgan fingerprint density at radius 1 is 1.29 bits per heavy atom. The number of hydrogen-bond donors (Lipinski definition) is 0. The molecule has 5 nitrogen and oxygen atoms in total. The van der Waals surface area contributed by atoms with Crippen LogP contribution in [0, 0.1) is 0 Å². The zero-order chi connectivity index (χ0) is 12.4. The van der Waals surface area contributed by atoms with Crippen molar-refractivity contribution in [2.24, 2.45) is 0 Å². The second kappa shape index (κ2) is 4.45. The van der Waals surface area contributed by atoms with Crippen molar-refractivity contribution in [3.8, 4) is 5.75 Å². The Balaban J connectivity index is 2.36. The minimum atomic E-state index is -0.297. The largest absolute Gasteiger partial charge is 0.497 e. The van der Waals surface area contributed by atoms with E-state index in [1.165, 1.54) is 9.80 Å². The summed E-state index contributed by atoms with van der Waals surface area (Å²) in [5.41, 5.74) is 0.547. The summed E-state index contributed by atoms with van der Waals surface area (Å²) in [6, 6.07) is 6.62. The second-order valence-corrected chi connectivity index (χ2v) is 3.88. The quantitative estimate of drug-likeness (QED) is 0.778. The molecule has 3 amide bonds. The number of anilines is 1.